The van der Waals surface area contributed by atoms with Crippen LogP contribution in [-0.2, 0) is 11.3 Å². The molecule has 0 aliphatic carbocycles. The number of hydrogen-bond donors (Lipinski definition) is 3. The second kappa shape index (κ2) is 9.28. The van der Waals surface area contributed by atoms with E-state index in [0.717, 1.165) is 17.7 Å². The van der Waals surface area contributed by atoms with E-state index in [1.165, 1.54) is 6.07 Å². The maximum atomic E-state index is 11.7. The Balaban J connectivity index is 1.91. The number of carbonyl (C=O) groups is 1. The summed E-state index contributed by atoms with van der Waals surface area (Å²) in [5.41, 5.74) is 0.370. The number of carbonyl (C=O) groups excluding carboxylic acids is 1. The molecule has 0 heterocycles. The van der Waals surface area contributed by atoms with Crippen molar-refractivity contribution < 1.29 is 24.7 Å². The normalized spacial score (nSPS) is 12.5. The van der Waals surface area contributed by atoms with Crippen LogP contribution in [0.15, 0.2) is 48.5 Å². The van der Waals surface area contributed by atoms with Crippen molar-refractivity contribution in [2.75, 3.05) is 6.54 Å². The number of aliphatic hydroxyl groups is 2. The Morgan fingerprint density at radius 2 is 1.96 bits per heavy atom. The second-order valence-electron chi connectivity index (χ2n) is 5.60. The Kier molecular flexibility index (Phi) is 6.82. The van der Waals surface area contributed by atoms with Crippen LogP contribution in [0.5, 0.6) is 0 Å². The van der Waals surface area contributed by atoms with E-state index in [1.54, 1.807) is 30.3 Å². The quantitative estimate of drug-likeness (QED) is 0.497. The third-order valence-electron chi connectivity index (χ3n) is 3.72. The van der Waals surface area contributed by atoms with E-state index in [2.05, 4.69) is 5.32 Å². The van der Waals surface area contributed by atoms with Crippen LogP contribution in [0.25, 0.3) is 0 Å². The summed E-state index contributed by atoms with van der Waals surface area (Å²) in [6.07, 6.45) is -3.74. The van der Waals surface area contributed by atoms with E-state index in [0.29, 0.717) is 0 Å². The molecule has 2 rings (SSSR count). The van der Waals surface area contributed by atoms with Crippen molar-refractivity contribution in [3.8, 4) is 6.07 Å². The zero-order valence-corrected chi connectivity index (χ0v) is 14.1. The van der Waals surface area contributed by atoms with Crippen molar-refractivity contribution in [2.45, 2.75) is 18.8 Å². The Hall–Kier alpha value is -3.48. The average molecular weight is 371 g/mol. The number of rotatable bonds is 7. The van der Waals surface area contributed by atoms with Crippen molar-refractivity contribution in [3.05, 3.63) is 75.3 Å². The molecule has 9 heteroatoms. The standard InChI is InChI=1S/C18H17N3O6/c19-9-13-8-14(21(25)26)6-7-15(13)17(23)16(22)10-20-18(24)27-11-12-4-2-1-3-5-12/h1-8,16-17,22-23H,10-11H2,(H,20,24). The largest absolute Gasteiger partial charge is 0.445 e. The molecule has 140 valence electrons. The summed E-state index contributed by atoms with van der Waals surface area (Å²) in [6, 6.07) is 14.1. The van der Waals surface area contributed by atoms with Crippen LogP contribution in [0, 0.1) is 21.4 Å². The van der Waals surface area contributed by atoms with Crippen LogP contribution in [-0.4, -0.2) is 33.9 Å². The fraction of sp³-hybridized carbons (Fsp3) is 0.222. The van der Waals surface area contributed by atoms with E-state index in [1.807, 2.05) is 6.07 Å². The first kappa shape index (κ1) is 19.8. The van der Waals surface area contributed by atoms with E-state index in [4.69, 9.17) is 10.00 Å². The van der Waals surface area contributed by atoms with Crippen molar-refractivity contribution in [2.24, 2.45) is 0 Å². The van der Waals surface area contributed by atoms with Crippen molar-refractivity contribution in [1.82, 2.24) is 5.32 Å². The fourth-order valence-electron chi connectivity index (χ4n) is 2.29. The van der Waals surface area contributed by atoms with Crippen molar-refractivity contribution in [1.29, 1.82) is 5.26 Å². The first-order chi connectivity index (χ1) is 12.9. The monoisotopic (exact) mass is 371 g/mol. The lowest BCUT2D eigenvalue weighted by Gasteiger charge is -2.19. The number of non-ortho nitro benzene ring substituents is 1. The van der Waals surface area contributed by atoms with Gasteiger partial charge < -0.3 is 20.3 Å². The highest BCUT2D eigenvalue weighted by atomic mass is 16.6. The summed E-state index contributed by atoms with van der Waals surface area (Å²) in [5, 5.41) is 42.4. The van der Waals surface area contributed by atoms with Gasteiger partial charge in [0.05, 0.1) is 16.6 Å². The van der Waals surface area contributed by atoms with Crippen LogP contribution in [0.3, 0.4) is 0 Å². The Bertz CT molecular complexity index is 850. The second-order valence-corrected chi connectivity index (χ2v) is 5.60. The van der Waals surface area contributed by atoms with Crippen molar-refractivity contribution in [3.63, 3.8) is 0 Å². The number of nitrogens with one attached hydrogen (secondary N) is 1. The highest BCUT2D eigenvalue weighted by Gasteiger charge is 2.23. The lowest BCUT2D eigenvalue weighted by Crippen LogP contribution is -2.36. The molecular formula is C18H17N3O6. The summed E-state index contributed by atoms with van der Waals surface area (Å²) in [7, 11) is 0. The molecular weight excluding hydrogens is 354 g/mol. The molecule has 0 saturated carbocycles. The summed E-state index contributed by atoms with van der Waals surface area (Å²) >= 11 is 0. The number of nitrogens with zero attached hydrogens (tertiary/aromatic N) is 2. The number of ether oxygens (including phenoxy) is 1. The number of nitro benzene ring substituents is 1. The van der Waals surface area contributed by atoms with E-state index >= 15 is 0 Å². The first-order valence-electron chi connectivity index (χ1n) is 7.91. The van der Waals surface area contributed by atoms with Crippen LogP contribution in [0.2, 0.25) is 0 Å². The fourth-order valence-corrected chi connectivity index (χ4v) is 2.29. The highest BCUT2D eigenvalue weighted by Crippen LogP contribution is 2.24. The molecule has 2 unspecified atom stereocenters. The minimum absolute atomic E-state index is 0.0232. The van der Waals surface area contributed by atoms with Gasteiger partial charge in [-0.1, -0.05) is 30.3 Å². The topological polar surface area (TPSA) is 146 Å². The zero-order chi connectivity index (χ0) is 19.8. The minimum Gasteiger partial charge on any atom is -0.445 e. The zero-order valence-electron chi connectivity index (χ0n) is 14.1. The van der Waals surface area contributed by atoms with Gasteiger partial charge in [-0.3, -0.25) is 10.1 Å². The van der Waals surface area contributed by atoms with E-state index < -0.39 is 23.2 Å². The molecule has 0 aromatic heterocycles. The molecule has 0 bridgehead atoms. The van der Waals surface area contributed by atoms with Gasteiger partial charge in [0, 0.05) is 24.2 Å². The lowest BCUT2D eigenvalue weighted by molar-refractivity contribution is -0.384. The Labute approximate surface area is 154 Å². The lowest BCUT2D eigenvalue weighted by atomic mass is 9.98. The number of amides is 1. The van der Waals surface area contributed by atoms with Crippen LogP contribution in [0.1, 0.15) is 22.8 Å². The van der Waals surface area contributed by atoms with Gasteiger partial charge in [-0.15, -0.1) is 0 Å². The SMILES string of the molecule is N#Cc1cc([N+](=O)[O-])ccc1C(O)C(O)CNC(=O)OCc1ccccc1. The van der Waals surface area contributed by atoms with Gasteiger partial charge >= 0.3 is 6.09 Å². The summed E-state index contributed by atoms with van der Waals surface area (Å²) < 4.78 is 4.98. The van der Waals surface area contributed by atoms with Gasteiger partial charge in [0.2, 0.25) is 0 Å². The molecule has 0 aliphatic rings. The van der Waals surface area contributed by atoms with Crippen LogP contribution < -0.4 is 5.32 Å². The molecule has 0 fully saturated rings. The molecule has 27 heavy (non-hydrogen) atoms. The summed E-state index contributed by atoms with van der Waals surface area (Å²) in [6.45, 7) is -0.289. The maximum Gasteiger partial charge on any atom is 0.407 e. The maximum absolute atomic E-state index is 11.7. The van der Waals surface area contributed by atoms with Crippen LogP contribution >= 0.6 is 0 Å². The molecule has 2 aromatic rings. The number of aliphatic hydroxyl groups excluding tert-OH is 2. The molecule has 9 nitrogen and oxygen atoms in total. The third-order valence-corrected chi connectivity index (χ3v) is 3.72. The van der Waals surface area contributed by atoms with Crippen LogP contribution in [0.4, 0.5) is 10.5 Å². The van der Waals surface area contributed by atoms with Gasteiger partial charge in [0.1, 0.15) is 18.8 Å². The molecule has 0 spiro atoms. The Morgan fingerprint density at radius 1 is 1.26 bits per heavy atom. The average Bonchev–Trinajstić information content (AvgIpc) is 2.70. The number of benzene rings is 2. The smallest absolute Gasteiger partial charge is 0.407 e. The van der Waals surface area contributed by atoms with Gasteiger partial charge in [-0.05, 0) is 11.6 Å². The van der Waals surface area contributed by atoms with Gasteiger partial charge in [0.25, 0.3) is 5.69 Å². The third kappa shape index (κ3) is 5.50. The molecule has 0 radical (unpaired) electrons. The number of nitro groups is 1. The number of hydrogen-bond acceptors (Lipinski definition) is 7. The predicted octanol–water partition coefficient (Wildman–Crippen LogP) is 1.79. The molecule has 1 amide bonds. The predicted molar refractivity (Wildman–Crippen MR) is 93.4 cm³/mol. The summed E-state index contributed by atoms with van der Waals surface area (Å²) in [4.78, 5) is 21.7. The number of nitriles is 1. The van der Waals surface area contributed by atoms with Crippen molar-refractivity contribution >= 4 is 11.8 Å². The van der Waals surface area contributed by atoms with Gasteiger partial charge in [-0.25, -0.2) is 4.79 Å². The van der Waals surface area contributed by atoms with Gasteiger partial charge in [-0.2, -0.15) is 5.26 Å². The molecule has 2 atom stereocenters. The molecule has 0 aliphatic heterocycles. The Morgan fingerprint density at radius 3 is 2.59 bits per heavy atom. The number of alkyl carbamates (subject to hydrolysis) is 1. The van der Waals surface area contributed by atoms with Gasteiger partial charge in [0.15, 0.2) is 0 Å². The highest BCUT2D eigenvalue weighted by molar-refractivity contribution is 5.67. The van der Waals surface area contributed by atoms with E-state index in [9.17, 15) is 25.1 Å². The minimum atomic E-state index is -1.52. The molecule has 3 N–H and O–H groups in total. The first-order valence-corrected chi connectivity index (χ1v) is 7.91. The molecule has 2 aromatic carbocycles. The van der Waals surface area contributed by atoms with E-state index in [-0.39, 0.29) is 30.0 Å². The molecule has 0 saturated heterocycles. The summed E-state index contributed by atoms with van der Waals surface area (Å²) in [5.74, 6) is 0.